The van der Waals surface area contributed by atoms with Crippen LogP contribution in [0.3, 0.4) is 0 Å². The highest BCUT2D eigenvalue weighted by Gasteiger charge is 2.07. The molecule has 0 atom stereocenters. The number of Topliss-reactive ketones (excluding diaryl/α,β-unsaturated/α-hetero) is 1. The zero-order chi connectivity index (χ0) is 9.42. The summed E-state index contributed by atoms with van der Waals surface area (Å²) in [6.45, 7) is 1.51. The van der Waals surface area contributed by atoms with E-state index in [9.17, 15) is 9.90 Å². The molecule has 0 saturated heterocycles. The average Bonchev–Trinajstić information content (AvgIpc) is 2.46. The van der Waals surface area contributed by atoms with Crippen molar-refractivity contribution in [1.29, 1.82) is 0 Å². The minimum Gasteiger partial charge on any atom is -0.508 e. The number of nitrogens with one attached hydrogen (secondary N) is 1. The van der Waals surface area contributed by atoms with Gasteiger partial charge >= 0.3 is 0 Å². The van der Waals surface area contributed by atoms with Gasteiger partial charge in [0.2, 0.25) is 0 Å². The molecule has 3 heteroatoms. The maximum Gasteiger partial charge on any atom is 0.161 e. The van der Waals surface area contributed by atoms with Crippen molar-refractivity contribution >= 4 is 16.7 Å². The highest BCUT2D eigenvalue weighted by Crippen LogP contribution is 2.22. The summed E-state index contributed by atoms with van der Waals surface area (Å²) in [6, 6.07) is 4.92. The number of phenolic OH excluding ortho intramolecular Hbond substituents is 1. The van der Waals surface area contributed by atoms with Crippen molar-refractivity contribution in [3.63, 3.8) is 0 Å². The van der Waals surface area contributed by atoms with Crippen LogP contribution in [-0.4, -0.2) is 15.9 Å². The fourth-order valence-electron chi connectivity index (χ4n) is 1.40. The number of fused-ring (bicyclic) bond motifs is 1. The Hall–Kier alpha value is -1.77. The lowest BCUT2D eigenvalue weighted by atomic mass is 10.1. The Morgan fingerprint density at radius 2 is 2.23 bits per heavy atom. The van der Waals surface area contributed by atoms with Crippen LogP contribution in [0.15, 0.2) is 24.4 Å². The molecular formula is C10H9NO2. The van der Waals surface area contributed by atoms with Crippen LogP contribution in [0, 0.1) is 0 Å². The predicted molar refractivity (Wildman–Crippen MR) is 50.0 cm³/mol. The Kier molecular flexibility index (Phi) is 1.59. The van der Waals surface area contributed by atoms with Gasteiger partial charge in [-0.25, -0.2) is 0 Å². The molecule has 3 nitrogen and oxygen atoms in total. The number of carbonyl (C=O) groups is 1. The minimum atomic E-state index is -0.00292. The molecule has 0 unspecified atom stereocenters. The molecule has 1 aromatic heterocycles. The van der Waals surface area contributed by atoms with E-state index in [1.807, 2.05) is 0 Å². The molecule has 0 aliphatic rings. The van der Waals surface area contributed by atoms with Crippen LogP contribution in [0.25, 0.3) is 10.9 Å². The molecule has 2 N–H and O–H groups in total. The van der Waals surface area contributed by atoms with E-state index in [4.69, 9.17) is 0 Å². The van der Waals surface area contributed by atoms with Gasteiger partial charge in [-0.2, -0.15) is 0 Å². The molecule has 0 fully saturated rings. The van der Waals surface area contributed by atoms with Gasteiger partial charge in [-0.05, 0) is 25.1 Å². The van der Waals surface area contributed by atoms with Crippen molar-refractivity contribution in [2.24, 2.45) is 0 Å². The van der Waals surface area contributed by atoms with Crippen LogP contribution in [0.5, 0.6) is 5.75 Å². The fourth-order valence-corrected chi connectivity index (χ4v) is 1.40. The lowest BCUT2D eigenvalue weighted by Gasteiger charge is -1.94. The highest BCUT2D eigenvalue weighted by atomic mass is 16.3. The third-order valence-corrected chi connectivity index (χ3v) is 2.04. The predicted octanol–water partition coefficient (Wildman–Crippen LogP) is 2.08. The van der Waals surface area contributed by atoms with Crippen LogP contribution in [0.1, 0.15) is 17.3 Å². The molecular weight excluding hydrogens is 166 g/mol. The molecule has 0 radical (unpaired) electrons. The van der Waals surface area contributed by atoms with Crippen molar-refractivity contribution < 1.29 is 9.90 Å². The van der Waals surface area contributed by atoms with Crippen LogP contribution in [0.4, 0.5) is 0 Å². The number of hydrogen-bond acceptors (Lipinski definition) is 2. The monoisotopic (exact) mass is 175 g/mol. The van der Waals surface area contributed by atoms with Gasteiger partial charge in [-0.3, -0.25) is 4.79 Å². The average molecular weight is 175 g/mol. The van der Waals surface area contributed by atoms with Crippen molar-refractivity contribution in [1.82, 2.24) is 4.98 Å². The van der Waals surface area contributed by atoms with Crippen LogP contribution >= 0.6 is 0 Å². The quantitative estimate of drug-likeness (QED) is 0.652. The van der Waals surface area contributed by atoms with Crippen molar-refractivity contribution in [3.05, 3.63) is 30.0 Å². The topological polar surface area (TPSA) is 53.1 Å². The van der Waals surface area contributed by atoms with Gasteiger partial charge in [-0.15, -0.1) is 0 Å². The van der Waals surface area contributed by atoms with E-state index in [2.05, 4.69) is 4.98 Å². The number of rotatable bonds is 1. The standard InChI is InChI=1S/C10H9NO2/c1-6(12)9-5-11-10-3-2-7(13)4-8(9)10/h2-5,11,13H,1H3. The van der Waals surface area contributed by atoms with Gasteiger partial charge in [0.15, 0.2) is 5.78 Å². The zero-order valence-electron chi connectivity index (χ0n) is 7.16. The molecule has 13 heavy (non-hydrogen) atoms. The molecule has 0 bridgehead atoms. The van der Waals surface area contributed by atoms with Crippen LogP contribution in [-0.2, 0) is 0 Å². The maximum absolute atomic E-state index is 11.1. The minimum absolute atomic E-state index is 0.00292. The van der Waals surface area contributed by atoms with Gasteiger partial charge in [0, 0.05) is 22.7 Å². The van der Waals surface area contributed by atoms with E-state index in [-0.39, 0.29) is 11.5 Å². The van der Waals surface area contributed by atoms with Crippen LogP contribution in [0.2, 0.25) is 0 Å². The summed E-state index contributed by atoms with van der Waals surface area (Å²) in [7, 11) is 0. The number of aromatic nitrogens is 1. The van der Waals surface area contributed by atoms with Gasteiger partial charge in [0.25, 0.3) is 0 Å². The second-order valence-corrected chi connectivity index (χ2v) is 2.99. The van der Waals surface area contributed by atoms with Crippen LogP contribution < -0.4 is 0 Å². The van der Waals surface area contributed by atoms with Crippen molar-refractivity contribution in [2.75, 3.05) is 0 Å². The SMILES string of the molecule is CC(=O)c1c[nH]c2ccc(O)cc12. The van der Waals surface area contributed by atoms with Crippen molar-refractivity contribution in [2.45, 2.75) is 6.92 Å². The van der Waals surface area contributed by atoms with E-state index in [1.165, 1.54) is 6.92 Å². The maximum atomic E-state index is 11.1. The van der Waals surface area contributed by atoms with E-state index in [0.717, 1.165) is 10.9 Å². The number of carbonyl (C=O) groups excluding carboxylic acids is 1. The number of aromatic amines is 1. The summed E-state index contributed by atoms with van der Waals surface area (Å²) in [5, 5.41) is 10.0. The van der Waals surface area contributed by atoms with Gasteiger partial charge < -0.3 is 10.1 Å². The third-order valence-electron chi connectivity index (χ3n) is 2.04. The normalized spacial score (nSPS) is 10.5. The molecule has 66 valence electrons. The lowest BCUT2D eigenvalue weighted by molar-refractivity contribution is 0.101. The molecule has 0 aliphatic carbocycles. The summed E-state index contributed by atoms with van der Waals surface area (Å²) in [5.41, 5.74) is 1.48. The van der Waals surface area contributed by atoms with Crippen molar-refractivity contribution in [3.8, 4) is 5.75 Å². The molecule has 0 saturated carbocycles. The lowest BCUT2D eigenvalue weighted by Crippen LogP contribution is -1.88. The van der Waals surface area contributed by atoms with E-state index in [1.54, 1.807) is 24.4 Å². The third kappa shape index (κ3) is 1.18. The number of aromatic hydroxyl groups is 1. The fraction of sp³-hybridized carbons (Fsp3) is 0.100. The van der Waals surface area contributed by atoms with E-state index < -0.39 is 0 Å². The summed E-state index contributed by atoms with van der Waals surface area (Å²) in [4.78, 5) is 14.1. The second-order valence-electron chi connectivity index (χ2n) is 2.99. The summed E-state index contributed by atoms with van der Waals surface area (Å²) >= 11 is 0. The highest BCUT2D eigenvalue weighted by molar-refractivity contribution is 6.06. The molecule has 2 aromatic rings. The Balaban J connectivity index is 2.79. The molecule has 0 aliphatic heterocycles. The Bertz CT molecular complexity index is 471. The first-order valence-corrected chi connectivity index (χ1v) is 3.99. The first-order valence-electron chi connectivity index (χ1n) is 3.99. The number of phenols is 1. The summed E-state index contributed by atoms with van der Waals surface area (Å²) < 4.78 is 0. The van der Waals surface area contributed by atoms with Gasteiger partial charge in [0.05, 0.1) is 0 Å². The second kappa shape index (κ2) is 2.62. The van der Waals surface area contributed by atoms with Gasteiger partial charge in [0.1, 0.15) is 5.75 Å². The smallest absolute Gasteiger partial charge is 0.161 e. The first kappa shape index (κ1) is 7.86. The summed E-state index contributed by atoms with van der Waals surface area (Å²) in [6.07, 6.45) is 1.66. The molecule has 0 amide bonds. The number of benzene rings is 1. The molecule has 2 rings (SSSR count). The Morgan fingerprint density at radius 3 is 2.92 bits per heavy atom. The largest absolute Gasteiger partial charge is 0.508 e. The number of hydrogen-bond donors (Lipinski definition) is 2. The molecule has 1 heterocycles. The zero-order valence-corrected chi connectivity index (χ0v) is 7.16. The van der Waals surface area contributed by atoms with E-state index in [0.29, 0.717) is 5.56 Å². The summed E-state index contributed by atoms with van der Waals surface area (Å²) in [5.74, 6) is 0.173. The Morgan fingerprint density at radius 1 is 1.46 bits per heavy atom. The Labute approximate surface area is 75.0 Å². The molecule has 1 aromatic carbocycles. The number of H-pyrrole nitrogens is 1. The van der Waals surface area contributed by atoms with E-state index >= 15 is 0 Å². The molecule has 0 spiro atoms. The number of ketones is 1. The first-order chi connectivity index (χ1) is 6.18. The van der Waals surface area contributed by atoms with Gasteiger partial charge in [-0.1, -0.05) is 0 Å².